The van der Waals surface area contributed by atoms with Crippen LogP contribution in [-0.4, -0.2) is 25.7 Å². The molecule has 1 atom stereocenters. The van der Waals surface area contributed by atoms with Crippen LogP contribution in [0.5, 0.6) is 0 Å². The van der Waals surface area contributed by atoms with Gasteiger partial charge in [-0.15, -0.1) is 0 Å². The number of hydrogen-bond acceptors (Lipinski definition) is 2. The van der Waals surface area contributed by atoms with E-state index in [0.717, 1.165) is 38.2 Å². The number of nitrogens with zero attached hydrogens (tertiary/aromatic N) is 1. The predicted octanol–water partition coefficient (Wildman–Crippen LogP) is 3.57. The first kappa shape index (κ1) is 15.2. The Hall–Kier alpha value is -1.16. The molecule has 1 aliphatic rings. The van der Waals surface area contributed by atoms with Crippen LogP contribution in [0.25, 0.3) is 0 Å². The summed E-state index contributed by atoms with van der Waals surface area (Å²) in [5, 5.41) is 3.58. The van der Waals surface area contributed by atoms with Crippen LogP contribution in [0.15, 0.2) is 18.2 Å². The van der Waals surface area contributed by atoms with E-state index < -0.39 is 11.6 Å². The first-order valence-corrected chi connectivity index (χ1v) is 7.28. The van der Waals surface area contributed by atoms with E-state index in [2.05, 4.69) is 31.0 Å². The van der Waals surface area contributed by atoms with Gasteiger partial charge < -0.3 is 10.2 Å². The third-order valence-corrected chi connectivity index (χ3v) is 3.61. The Balaban J connectivity index is 1.97. The summed E-state index contributed by atoms with van der Waals surface area (Å²) in [6.45, 7) is 9.32. The Kier molecular flexibility index (Phi) is 4.63. The minimum Gasteiger partial charge on any atom is -0.370 e. The van der Waals surface area contributed by atoms with Crippen molar-refractivity contribution >= 4 is 5.69 Å². The van der Waals surface area contributed by atoms with Gasteiger partial charge in [-0.3, -0.25) is 0 Å². The van der Waals surface area contributed by atoms with Crippen molar-refractivity contribution in [3.8, 4) is 0 Å². The summed E-state index contributed by atoms with van der Waals surface area (Å²) in [6.07, 6.45) is 2.21. The molecule has 1 heterocycles. The summed E-state index contributed by atoms with van der Waals surface area (Å²) in [5.41, 5.74) is 1.02. The molecule has 0 radical (unpaired) electrons. The van der Waals surface area contributed by atoms with E-state index in [0.29, 0.717) is 6.04 Å². The summed E-state index contributed by atoms with van der Waals surface area (Å²) in [5.74, 6) is -1.56. The van der Waals surface area contributed by atoms with Crippen LogP contribution in [0.4, 0.5) is 14.5 Å². The summed E-state index contributed by atoms with van der Waals surface area (Å²) in [6, 6.07) is 4.57. The molecule has 20 heavy (non-hydrogen) atoms. The van der Waals surface area contributed by atoms with E-state index >= 15 is 0 Å². The molecule has 1 aromatic rings. The van der Waals surface area contributed by atoms with E-state index in [1.807, 2.05) is 0 Å². The maximum Gasteiger partial charge on any atom is 0.160 e. The van der Waals surface area contributed by atoms with Crippen molar-refractivity contribution in [3.05, 3.63) is 29.8 Å². The maximum absolute atomic E-state index is 13.3. The third kappa shape index (κ3) is 4.17. The zero-order valence-corrected chi connectivity index (χ0v) is 12.5. The maximum atomic E-state index is 13.3. The first-order chi connectivity index (χ1) is 9.35. The van der Waals surface area contributed by atoms with Crippen LogP contribution >= 0.6 is 0 Å². The lowest BCUT2D eigenvalue weighted by molar-refractivity contribution is 0.328. The lowest BCUT2D eigenvalue weighted by Crippen LogP contribution is -2.47. The van der Waals surface area contributed by atoms with Crippen LogP contribution in [0.3, 0.4) is 0 Å². The summed E-state index contributed by atoms with van der Waals surface area (Å²) < 4.78 is 26.3. The number of anilines is 1. The predicted molar refractivity (Wildman–Crippen MR) is 79.1 cm³/mol. The number of piperidine rings is 1. The standard InChI is InChI=1S/C16H24F2N2/c1-16(2,3)11-19-12-5-4-8-20(10-12)13-6-7-14(17)15(18)9-13/h6-7,9,12,19H,4-5,8,10-11H2,1-3H3. The van der Waals surface area contributed by atoms with Crippen molar-refractivity contribution in [3.63, 3.8) is 0 Å². The third-order valence-electron chi connectivity index (χ3n) is 3.61. The Morgan fingerprint density at radius 1 is 1.25 bits per heavy atom. The molecule has 1 fully saturated rings. The zero-order valence-electron chi connectivity index (χ0n) is 12.5. The topological polar surface area (TPSA) is 15.3 Å². The molecule has 1 unspecified atom stereocenters. The first-order valence-electron chi connectivity index (χ1n) is 7.28. The lowest BCUT2D eigenvalue weighted by Gasteiger charge is -2.36. The van der Waals surface area contributed by atoms with Gasteiger partial charge in [0.2, 0.25) is 0 Å². The second-order valence-corrected chi connectivity index (χ2v) is 6.83. The van der Waals surface area contributed by atoms with Gasteiger partial charge in [-0.2, -0.15) is 0 Å². The number of nitrogens with one attached hydrogen (secondary N) is 1. The monoisotopic (exact) mass is 282 g/mol. The lowest BCUT2D eigenvalue weighted by atomic mass is 9.95. The minimum atomic E-state index is -0.784. The fourth-order valence-corrected chi connectivity index (χ4v) is 2.51. The van der Waals surface area contributed by atoms with Crippen LogP contribution in [0, 0.1) is 17.0 Å². The summed E-state index contributed by atoms with van der Waals surface area (Å²) >= 11 is 0. The van der Waals surface area contributed by atoms with Gasteiger partial charge in [0.15, 0.2) is 11.6 Å². The number of halogens is 2. The van der Waals surface area contributed by atoms with Crippen molar-refractivity contribution in [1.29, 1.82) is 0 Å². The van der Waals surface area contributed by atoms with Gasteiger partial charge in [-0.05, 0) is 30.4 Å². The van der Waals surface area contributed by atoms with Gasteiger partial charge in [0.25, 0.3) is 0 Å². The molecule has 1 saturated heterocycles. The van der Waals surface area contributed by atoms with Crippen LogP contribution in [0.2, 0.25) is 0 Å². The van der Waals surface area contributed by atoms with Crippen LogP contribution in [0.1, 0.15) is 33.6 Å². The molecule has 112 valence electrons. The van der Waals surface area contributed by atoms with E-state index in [4.69, 9.17) is 0 Å². The highest BCUT2D eigenvalue weighted by Gasteiger charge is 2.22. The quantitative estimate of drug-likeness (QED) is 0.911. The van der Waals surface area contributed by atoms with E-state index in [1.165, 1.54) is 12.1 Å². The Bertz CT molecular complexity index is 454. The second kappa shape index (κ2) is 6.08. The fraction of sp³-hybridized carbons (Fsp3) is 0.625. The molecule has 4 heteroatoms. The highest BCUT2D eigenvalue weighted by Crippen LogP contribution is 2.22. The molecule has 1 aliphatic heterocycles. The average molecular weight is 282 g/mol. The summed E-state index contributed by atoms with van der Waals surface area (Å²) in [7, 11) is 0. The molecule has 0 saturated carbocycles. The minimum absolute atomic E-state index is 0.254. The molecule has 0 aromatic heterocycles. The zero-order chi connectivity index (χ0) is 14.8. The molecule has 0 bridgehead atoms. The van der Waals surface area contributed by atoms with Gasteiger partial charge >= 0.3 is 0 Å². The molecule has 0 amide bonds. The SMILES string of the molecule is CC(C)(C)CNC1CCCN(c2ccc(F)c(F)c2)C1. The molecule has 2 nitrogen and oxygen atoms in total. The average Bonchev–Trinajstić information content (AvgIpc) is 2.39. The van der Waals surface area contributed by atoms with Crippen LogP contribution < -0.4 is 10.2 Å². The molecule has 1 aromatic carbocycles. The second-order valence-electron chi connectivity index (χ2n) is 6.83. The fourth-order valence-electron chi connectivity index (χ4n) is 2.51. The van der Waals surface area contributed by atoms with Gasteiger partial charge in [0, 0.05) is 37.4 Å². The van der Waals surface area contributed by atoms with Gasteiger partial charge in [-0.25, -0.2) is 8.78 Å². The van der Waals surface area contributed by atoms with Crippen molar-refractivity contribution in [1.82, 2.24) is 5.32 Å². The normalized spacial score (nSPS) is 20.2. The molecule has 2 rings (SSSR count). The van der Waals surface area contributed by atoms with Crippen molar-refractivity contribution in [2.45, 2.75) is 39.7 Å². The van der Waals surface area contributed by atoms with Gasteiger partial charge in [0.05, 0.1) is 0 Å². The van der Waals surface area contributed by atoms with E-state index in [1.54, 1.807) is 6.07 Å². The van der Waals surface area contributed by atoms with E-state index in [-0.39, 0.29) is 5.41 Å². The Morgan fingerprint density at radius 3 is 2.65 bits per heavy atom. The molecular weight excluding hydrogens is 258 g/mol. The van der Waals surface area contributed by atoms with Crippen molar-refractivity contribution in [2.75, 3.05) is 24.5 Å². The molecular formula is C16H24F2N2. The summed E-state index contributed by atoms with van der Waals surface area (Å²) in [4.78, 5) is 2.13. The van der Waals surface area contributed by atoms with E-state index in [9.17, 15) is 8.78 Å². The van der Waals surface area contributed by atoms with Gasteiger partial charge in [0.1, 0.15) is 0 Å². The molecule has 0 spiro atoms. The molecule has 1 N–H and O–H groups in total. The number of hydrogen-bond donors (Lipinski definition) is 1. The Morgan fingerprint density at radius 2 is 2.00 bits per heavy atom. The van der Waals surface area contributed by atoms with Crippen molar-refractivity contribution < 1.29 is 8.78 Å². The van der Waals surface area contributed by atoms with Crippen LogP contribution in [-0.2, 0) is 0 Å². The van der Waals surface area contributed by atoms with Gasteiger partial charge in [-0.1, -0.05) is 20.8 Å². The number of rotatable bonds is 3. The molecule has 0 aliphatic carbocycles. The largest absolute Gasteiger partial charge is 0.370 e. The Labute approximate surface area is 120 Å². The highest BCUT2D eigenvalue weighted by molar-refractivity contribution is 5.47. The van der Waals surface area contributed by atoms with Crippen molar-refractivity contribution in [2.24, 2.45) is 5.41 Å². The smallest absolute Gasteiger partial charge is 0.160 e. The number of benzene rings is 1. The highest BCUT2D eigenvalue weighted by atomic mass is 19.2.